The van der Waals surface area contributed by atoms with E-state index in [0.717, 1.165) is 36.2 Å². The van der Waals surface area contributed by atoms with Crippen LogP contribution in [0, 0.1) is 6.92 Å². The SMILES string of the molecule is CNC1CC2CCCC(C1)N2Cc1ccc(C)o1. The third-order valence-electron chi connectivity index (χ3n) is 4.67. The molecule has 1 aromatic heterocycles. The molecule has 100 valence electrons. The molecule has 1 N–H and O–H groups in total. The molecule has 0 aromatic carbocycles. The number of hydrogen-bond donors (Lipinski definition) is 1. The highest BCUT2D eigenvalue weighted by Crippen LogP contribution is 2.35. The summed E-state index contributed by atoms with van der Waals surface area (Å²) in [7, 11) is 2.10. The predicted octanol–water partition coefficient (Wildman–Crippen LogP) is 2.69. The van der Waals surface area contributed by atoms with Crippen LogP contribution in [0.5, 0.6) is 0 Å². The van der Waals surface area contributed by atoms with Crippen molar-refractivity contribution in [3.05, 3.63) is 23.7 Å². The van der Waals surface area contributed by atoms with E-state index < -0.39 is 0 Å². The Labute approximate surface area is 110 Å². The predicted molar refractivity (Wildman–Crippen MR) is 72.5 cm³/mol. The van der Waals surface area contributed by atoms with E-state index in [1.54, 1.807) is 0 Å². The van der Waals surface area contributed by atoms with Crippen molar-refractivity contribution in [2.75, 3.05) is 7.05 Å². The van der Waals surface area contributed by atoms with Crippen molar-refractivity contribution in [3.63, 3.8) is 0 Å². The molecule has 0 amide bonds. The molecule has 3 rings (SSSR count). The van der Waals surface area contributed by atoms with E-state index in [1.165, 1.54) is 32.1 Å². The van der Waals surface area contributed by atoms with Crippen LogP contribution in [-0.2, 0) is 6.54 Å². The minimum absolute atomic E-state index is 0.717. The van der Waals surface area contributed by atoms with Crippen molar-refractivity contribution in [1.82, 2.24) is 10.2 Å². The third-order valence-corrected chi connectivity index (χ3v) is 4.67. The quantitative estimate of drug-likeness (QED) is 0.891. The highest BCUT2D eigenvalue weighted by atomic mass is 16.3. The molecule has 1 aromatic rings. The van der Waals surface area contributed by atoms with Gasteiger partial charge in [-0.3, -0.25) is 4.90 Å². The van der Waals surface area contributed by atoms with Gasteiger partial charge in [0.15, 0.2) is 0 Å². The molecule has 3 heterocycles. The Morgan fingerprint density at radius 2 is 2.00 bits per heavy atom. The van der Waals surface area contributed by atoms with E-state index in [0.29, 0.717) is 0 Å². The van der Waals surface area contributed by atoms with Crippen LogP contribution in [0.1, 0.15) is 43.6 Å². The molecule has 3 nitrogen and oxygen atoms in total. The normalized spacial score (nSPS) is 32.7. The summed E-state index contributed by atoms with van der Waals surface area (Å²) in [4.78, 5) is 2.69. The van der Waals surface area contributed by atoms with Gasteiger partial charge >= 0.3 is 0 Å². The molecule has 2 aliphatic heterocycles. The average molecular weight is 248 g/mol. The van der Waals surface area contributed by atoms with Gasteiger partial charge in [0.1, 0.15) is 11.5 Å². The minimum Gasteiger partial charge on any atom is -0.465 e. The van der Waals surface area contributed by atoms with Crippen molar-refractivity contribution in [1.29, 1.82) is 0 Å². The third kappa shape index (κ3) is 2.34. The first-order valence-corrected chi connectivity index (χ1v) is 7.24. The Hall–Kier alpha value is -0.800. The lowest BCUT2D eigenvalue weighted by molar-refractivity contribution is 0.0139. The van der Waals surface area contributed by atoms with Gasteiger partial charge in [-0.1, -0.05) is 6.42 Å². The summed E-state index contributed by atoms with van der Waals surface area (Å²) in [5.41, 5.74) is 0. The first-order valence-electron chi connectivity index (χ1n) is 7.24. The van der Waals surface area contributed by atoms with Gasteiger partial charge in [0.25, 0.3) is 0 Å². The molecule has 18 heavy (non-hydrogen) atoms. The molecular formula is C15H24N2O. The van der Waals surface area contributed by atoms with E-state index in [2.05, 4.69) is 29.4 Å². The second kappa shape index (κ2) is 5.06. The maximum Gasteiger partial charge on any atom is 0.118 e. The van der Waals surface area contributed by atoms with Gasteiger partial charge in [0.05, 0.1) is 6.54 Å². The zero-order valence-electron chi connectivity index (χ0n) is 11.5. The minimum atomic E-state index is 0.717. The number of nitrogens with zero attached hydrogens (tertiary/aromatic N) is 1. The van der Waals surface area contributed by atoms with E-state index in [-0.39, 0.29) is 0 Å². The molecule has 0 aliphatic carbocycles. The lowest BCUT2D eigenvalue weighted by Gasteiger charge is -2.48. The number of piperidine rings is 2. The van der Waals surface area contributed by atoms with E-state index in [4.69, 9.17) is 4.42 Å². The maximum atomic E-state index is 5.75. The molecule has 2 bridgehead atoms. The molecule has 2 atom stereocenters. The molecule has 2 unspecified atom stereocenters. The van der Waals surface area contributed by atoms with Crippen LogP contribution in [0.15, 0.2) is 16.5 Å². The number of rotatable bonds is 3. The largest absolute Gasteiger partial charge is 0.465 e. The molecular weight excluding hydrogens is 224 g/mol. The Morgan fingerprint density at radius 1 is 1.28 bits per heavy atom. The zero-order valence-corrected chi connectivity index (χ0v) is 11.5. The standard InChI is InChI=1S/C15H24N2O/c1-11-6-7-15(18-11)10-17-13-4-3-5-14(17)9-12(8-13)16-2/h6-7,12-14,16H,3-5,8-10H2,1-2H3. The smallest absolute Gasteiger partial charge is 0.118 e. The summed E-state index contributed by atoms with van der Waals surface area (Å²) in [6.45, 7) is 3.02. The first kappa shape index (κ1) is 12.2. The van der Waals surface area contributed by atoms with E-state index in [9.17, 15) is 0 Å². The van der Waals surface area contributed by atoms with Gasteiger partial charge in [-0.15, -0.1) is 0 Å². The maximum absolute atomic E-state index is 5.75. The van der Waals surface area contributed by atoms with Crippen molar-refractivity contribution in [2.45, 2.75) is 63.7 Å². The average Bonchev–Trinajstić information content (AvgIpc) is 2.74. The van der Waals surface area contributed by atoms with Gasteiger partial charge in [-0.2, -0.15) is 0 Å². The molecule has 0 radical (unpaired) electrons. The summed E-state index contributed by atoms with van der Waals surface area (Å²) < 4.78 is 5.75. The Bertz CT molecular complexity index is 387. The fraction of sp³-hybridized carbons (Fsp3) is 0.733. The number of hydrogen-bond acceptors (Lipinski definition) is 3. The Balaban J connectivity index is 1.71. The lowest BCUT2D eigenvalue weighted by Crippen LogP contribution is -2.55. The van der Waals surface area contributed by atoms with E-state index >= 15 is 0 Å². The van der Waals surface area contributed by atoms with Crippen molar-refractivity contribution >= 4 is 0 Å². The molecule has 2 saturated heterocycles. The summed E-state index contributed by atoms with van der Waals surface area (Å²) in [5.74, 6) is 2.16. The lowest BCUT2D eigenvalue weighted by atomic mass is 9.81. The fourth-order valence-electron chi connectivity index (χ4n) is 3.72. The van der Waals surface area contributed by atoms with Crippen LogP contribution in [0.4, 0.5) is 0 Å². The van der Waals surface area contributed by atoms with Crippen LogP contribution in [-0.4, -0.2) is 30.1 Å². The highest BCUT2D eigenvalue weighted by molar-refractivity contribution is 5.07. The molecule has 0 saturated carbocycles. The molecule has 0 spiro atoms. The molecule has 2 aliphatic rings. The Kier molecular flexibility index (Phi) is 3.44. The van der Waals surface area contributed by atoms with Crippen molar-refractivity contribution < 1.29 is 4.42 Å². The van der Waals surface area contributed by atoms with Crippen LogP contribution in [0.25, 0.3) is 0 Å². The van der Waals surface area contributed by atoms with Gasteiger partial charge in [-0.25, -0.2) is 0 Å². The van der Waals surface area contributed by atoms with Gasteiger partial charge < -0.3 is 9.73 Å². The topological polar surface area (TPSA) is 28.4 Å². The summed E-state index contributed by atoms with van der Waals surface area (Å²) in [5, 5.41) is 3.47. The van der Waals surface area contributed by atoms with Gasteiger partial charge in [0.2, 0.25) is 0 Å². The number of nitrogens with one attached hydrogen (secondary N) is 1. The van der Waals surface area contributed by atoms with Crippen LogP contribution in [0.2, 0.25) is 0 Å². The second-order valence-electron chi connectivity index (χ2n) is 5.88. The van der Waals surface area contributed by atoms with Crippen LogP contribution >= 0.6 is 0 Å². The van der Waals surface area contributed by atoms with Gasteiger partial charge in [0, 0.05) is 18.1 Å². The Morgan fingerprint density at radius 3 is 2.56 bits per heavy atom. The first-order chi connectivity index (χ1) is 8.76. The van der Waals surface area contributed by atoms with Crippen molar-refractivity contribution in [3.8, 4) is 0 Å². The summed E-state index contributed by atoms with van der Waals surface area (Å²) in [6, 6.07) is 6.43. The van der Waals surface area contributed by atoms with Crippen LogP contribution < -0.4 is 5.32 Å². The van der Waals surface area contributed by atoms with Crippen LogP contribution in [0.3, 0.4) is 0 Å². The molecule has 2 fully saturated rings. The zero-order chi connectivity index (χ0) is 12.5. The monoisotopic (exact) mass is 248 g/mol. The van der Waals surface area contributed by atoms with E-state index in [1.807, 2.05) is 6.92 Å². The molecule has 3 heteroatoms. The number of fused-ring (bicyclic) bond motifs is 2. The fourth-order valence-corrected chi connectivity index (χ4v) is 3.72. The number of aryl methyl sites for hydroxylation is 1. The number of furan rings is 1. The summed E-state index contributed by atoms with van der Waals surface area (Å²) in [6.07, 6.45) is 6.71. The van der Waals surface area contributed by atoms with Gasteiger partial charge in [-0.05, 0) is 51.8 Å². The second-order valence-corrected chi connectivity index (χ2v) is 5.88. The van der Waals surface area contributed by atoms with Crippen molar-refractivity contribution in [2.24, 2.45) is 0 Å². The highest BCUT2D eigenvalue weighted by Gasteiger charge is 2.37. The summed E-state index contributed by atoms with van der Waals surface area (Å²) >= 11 is 0.